The van der Waals surface area contributed by atoms with E-state index in [0.29, 0.717) is 12.8 Å². The molecule has 2 aliphatic heterocycles. The van der Waals surface area contributed by atoms with Gasteiger partial charge in [-0.15, -0.1) is 0 Å². The van der Waals surface area contributed by atoms with E-state index in [4.69, 9.17) is 4.74 Å². The summed E-state index contributed by atoms with van der Waals surface area (Å²) in [6, 6.07) is 7.72. The largest absolute Gasteiger partial charge is 0.465 e. The lowest BCUT2D eigenvalue weighted by Crippen LogP contribution is -2.51. The quantitative estimate of drug-likeness (QED) is 0.818. The molecule has 0 saturated carbocycles. The molecule has 1 aromatic rings. The molecular weight excluding hydrogens is 364 g/mol. The number of aliphatic hydroxyl groups excluding tert-OH is 1. The van der Waals surface area contributed by atoms with Gasteiger partial charge in [-0.3, -0.25) is 4.79 Å². The van der Waals surface area contributed by atoms with Crippen LogP contribution < -0.4 is 0 Å². The Morgan fingerprint density at radius 3 is 2.43 bits per heavy atom. The summed E-state index contributed by atoms with van der Waals surface area (Å²) in [6.45, 7) is 5.02. The minimum Gasteiger partial charge on any atom is -0.465 e. The third-order valence-corrected chi connectivity index (χ3v) is 5.86. The van der Waals surface area contributed by atoms with Crippen LogP contribution in [0.5, 0.6) is 0 Å². The molecule has 2 fully saturated rings. The molecule has 8 nitrogen and oxygen atoms in total. The lowest BCUT2D eigenvalue weighted by atomic mass is 9.94. The van der Waals surface area contributed by atoms with Gasteiger partial charge < -0.3 is 19.8 Å². The predicted molar refractivity (Wildman–Crippen MR) is 99.5 cm³/mol. The summed E-state index contributed by atoms with van der Waals surface area (Å²) in [7, 11) is 0. The molecule has 0 aliphatic carbocycles. The van der Waals surface area contributed by atoms with Crippen molar-refractivity contribution in [1.29, 1.82) is 0 Å². The summed E-state index contributed by atoms with van der Waals surface area (Å²) in [5.41, 5.74) is 0.786. The van der Waals surface area contributed by atoms with Crippen molar-refractivity contribution in [3.8, 4) is 0 Å². The summed E-state index contributed by atoms with van der Waals surface area (Å²) in [5, 5.41) is 20.2. The summed E-state index contributed by atoms with van der Waals surface area (Å²) >= 11 is 0. The van der Waals surface area contributed by atoms with Crippen molar-refractivity contribution in [3.63, 3.8) is 0 Å². The van der Waals surface area contributed by atoms with Gasteiger partial charge in [0.1, 0.15) is 6.10 Å². The first kappa shape index (κ1) is 20.1. The van der Waals surface area contributed by atoms with Crippen LogP contribution >= 0.6 is 0 Å². The molecule has 1 aromatic carbocycles. The minimum absolute atomic E-state index is 0.224. The van der Waals surface area contributed by atoms with Gasteiger partial charge in [0.25, 0.3) is 0 Å². The Hall–Kier alpha value is -2.61. The van der Waals surface area contributed by atoms with Crippen molar-refractivity contribution in [2.24, 2.45) is 5.92 Å². The molecule has 2 aliphatic rings. The SMILES string of the molecule is CC1CCC([C@H](O)[C@@H](C)C(=O)N2C(=O)O[C@@H](c3ccccc3)[C@H]2C)N1C(=O)O. The Balaban J connectivity index is 1.75. The monoisotopic (exact) mass is 390 g/mol. The number of carbonyl (C=O) groups excluding carboxylic acids is 2. The number of rotatable bonds is 4. The molecule has 3 amide bonds. The fraction of sp³-hybridized carbons (Fsp3) is 0.550. The highest BCUT2D eigenvalue weighted by Gasteiger charge is 2.48. The normalized spacial score (nSPS) is 29.5. The molecule has 2 unspecified atom stereocenters. The van der Waals surface area contributed by atoms with Gasteiger partial charge in [-0.05, 0) is 32.3 Å². The van der Waals surface area contributed by atoms with E-state index >= 15 is 0 Å². The zero-order valence-electron chi connectivity index (χ0n) is 16.2. The zero-order valence-corrected chi connectivity index (χ0v) is 16.2. The van der Waals surface area contributed by atoms with Crippen molar-refractivity contribution in [2.45, 2.75) is 63.9 Å². The van der Waals surface area contributed by atoms with E-state index in [1.165, 1.54) is 11.8 Å². The lowest BCUT2D eigenvalue weighted by molar-refractivity contribution is -0.137. The van der Waals surface area contributed by atoms with Crippen molar-refractivity contribution in [1.82, 2.24) is 9.80 Å². The van der Waals surface area contributed by atoms with Crippen LogP contribution in [0.3, 0.4) is 0 Å². The summed E-state index contributed by atoms with van der Waals surface area (Å²) in [4.78, 5) is 39.1. The van der Waals surface area contributed by atoms with Gasteiger partial charge in [0.15, 0.2) is 0 Å². The van der Waals surface area contributed by atoms with Crippen LogP contribution in [0.4, 0.5) is 9.59 Å². The molecule has 2 saturated heterocycles. The Morgan fingerprint density at radius 1 is 1.18 bits per heavy atom. The number of likely N-dealkylation sites (tertiary alicyclic amines) is 1. The number of carbonyl (C=O) groups is 3. The van der Waals surface area contributed by atoms with Crippen LogP contribution in [0.2, 0.25) is 0 Å². The van der Waals surface area contributed by atoms with Crippen LogP contribution in [0.1, 0.15) is 45.3 Å². The van der Waals surface area contributed by atoms with E-state index in [2.05, 4.69) is 0 Å². The molecule has 2 heterocycles. The van der Waals surface area contributed by atoms with E-state index in [-0.39, 0.29) is 6.04 Å². The van der Waals surface area contributed by atoms with Gasteiger partial charge in [0.05, 0.1) is 24.1 Å². The number of imide groups is 1. The van der Waals surface area contributed by atoms with Crippen molar-refractivity contribution in [2.75, 3.05) is 0 Å². The predicted octanol–water partition coefficient (Wildman–Crippen LogP) is 2.62. The number of nitrogens with zero attached hydrogens (tertiary/aromatic N) is 2. The Morgan fingerprint density at radius 2 is 1.82 bits per heavy atom. The summed E-state index contributed by atoms with van der Waals surface area (Å²) in [6.07, 6.45) is -2.56. The number of amides is 3. The standard InChI is InChI=1S/C20H26N2O6/c1-11-9-10-15(21(11)19(25)26)16(23)12(2)18(24)22-13(3)17(28-20(22)27)14-7-5-4-6-8-14/h4-8,11-13,15-17,23H,9-10H2,1-3H3,(H,25,26)/t11?,12-,13-,15?,16-,17-/m1/s1. The second-order valence-corrected chi connectivity index (χ2v) is 7.63. The molecule has 2 N–H and O–H groups in total. The first-order valence-corrected chi connectivity index (χ1v) is 9.52. The summed E-state index contributed by atoms with van der Waals surface area (Å²) < 4.78 is 5.41. The second kappa shape index (κ2) is 7.79. The maximum absolute atomic E-state index is 13.0. The van der Waals surface area contributed by atoms with Crippen LogP contribution in [0.25, 0.3) is 0 Å². The van der Waals surface area contributed by atoms with Crippen molar-refractivity contribution < 1.29 is 29.3 Å². The summed E-state index contributed by atoms with van der Waals surface area (Å²) in [5.74, 6) is -1.50. The van der Waals surface area contributed by atoms with Gasteiger partial charge in [-0.2, -0.15) is 0 Å². The van der Waals surface area contributed by atoms with Crippen molar-refractivity contribution >= 4 is 18.1 Å². The highest BCUT2D eigenvalue weighted by atomic mass is 16.6. The Kier molecular flexibility index (Phi) is 5.60. The first-order valence-electron chi connectivity index (χ1n) is 9.52. The van der Waals surface area contributed by atoms with Gasteiger partial charge >= 0.3 is 12.2 Å². The van der Waals surface area contributed by atoms with Crippen LogP contribution in [0, 0.1) is 5.92 Å². The number of aliphatic hydroxyl groups is 1. The highest BCUT2D eigenvalue weighted by Crippen LogP contribution is 2.35. The van der Waals surface area contributed by atoms with Gasteiger partial charge in [-0.25, -0.2) is 14.5 Å². The van der Waals surface area contributed by atoms with E-state index in [9.17, 15) is 24.6 Å². The topological polar surface area (TPSA) is 107 Å². The van der Waals surface area contributed by atoms with E-state index < -0.39 is 48.3 Å². The molecule has 0 radical (unpaired) electrons. The smallest absolute Gasteiger partial charge is 0.417 e. The molecule has 152 valence electrons. The number of hydrogen-bond donors (Lipinski definition) is 2. The number of hydrogen-bond acceptors (Lipinski definition) is 5. The molecule has 6 atom stereocenters. The van der Waals surface area contributed by atoms with Gasteiger partial charge in [0.2, 0.25) is 5.91 Å². The molecule has 28 heavy (non-hydrogen) atoms. The van der Waals surface area contributed by atoms with Crippen LogP contribution in [-0.2, 0) is 9.53 Å². The van der Waals surface area contributed by atoms with Gasteiger partial charge in [0, 0.05) is 6.04 Å². The third-order valence-electron chi connectivity index (χ3n) is 5.86. The average molecular weight is 390 g/mol. The highest BCUT2D eigenvalue weighted by molar-refractivity contribution is 5.95. The maximum atomic E-state index is 13.0. The minimum atomic E-state index is -1.20. The zero-order chi connectivity index (χ0) is 20.6. The second-order valence-electron chi connectivity index (χ2n) is 7.63. The van der Waals surface area contributed by atoms with Gasteiger partial charge in [-0.1, -0.05) is 37.3 Å². The first-order chi connectivity index (χ1) is 13.2. The molecule has 0 spiro atoms. The van der Waals surface area contributed by atoms with Crippen LogP contribution in [-0.4, -0.2) is 62.3 Å². The number of ether oxygens (including phenoxy) is 1. The fourth-order valence-electron chi connectivity index (χ4n) is 4.23. The molecule has 8 heteroatoms. The number of cyclic esters (lactones) is 1. The molecule has 0 aromatic heterocycles. The molecule has 0 bridgehead atoms. The lowest BCUT2D eigenvalue weighted by Gasteiger charge is -2.33. The van der Waals surface area contributed by atoms with E-state index in [1.807, 2.05) is 30.3 Å². The number of benzene rings is 1. The average Bonchev–Trinajstić information content (AvgIpc) is 3.20. The fourth-order valence-corrected chi connectivity index (χ4v) is 4.23. The number of carboxylic acid groups (broad SMARTS) is 1. The van der Waals surface area contributed by atoms with Crippen LogP contribution in [0.15, 0.2) is 30.3 Å². The molecule has 3 rings (SSSR count). The Bertz CT molecular complexity index is 754. The van der Waals surface area contributed by atoms with E-state index in [0.717, 1.165) is 10.5 Å². The molecular formula is C20H26N2O6. The van der Waals surface area contributed by atoms with Crippen molar-refractivity contribution in [3.05, 3.63) is 35.9 Å². The van der Waals surface area contributed by atoms with E-state index in [1.54, 1.807) is 13.8 Å². The third kappa shape index (κ3) is 3.44. The Labute approximate surface area is 163 Å². The maximum Gasteiger partial charge on any atom is 0.417 e.